The molecule has 2 rings (SSSR count). The van der Waals surface area contributed by atoms with E-state index in [-0.39, 0.29) is 23.4 Å². The van der Waals surface area contributed by atoms with Crippen molar-refractivity contribution in [1.29, 1.82) is 0 Å². The molecule has 1 aromatic carbocycles. The van der Waals surface area contributed by atoms with Gasteiger partial charge in [0.2, 0.25) is 0 Å². The van der Waals surface area contributed by atoms with Crippen LogP contribution in [0.5, 0.6) is 0 Å². The van der Waals surface area contributed by atoms with Gasteiger partial charge in [0.15, 0.2) is 0 Å². The van der Waals surface area contributed by atoms with E-state index < -0.39 is 10.5 Å². The average molecular weight is 294 g/mol. The highest BCUT2D eigenvalue weighted by Crippen LogP contribution is 2.27. The number of nitrogens with zero attached hydrogens (tertiary/aromatic N) is 1. The van der Waals surface area contributed by atoms with Crippen LogP contribution in [0.1, 0.15) is 30.6 Å². The lowest BCUT2D eigenvalue weighted by Crippen LogP contribution is -2.50. The molecule has 0 saturated carbocycles. The fraction of sp³-hybridized carbons (Fsp3) is 0.462. The van der Waals surface area contributed by atoms with Crippen LogP contribution in [-0.2, 0) is 4.74 Å². The van der Waals surface area contributed by atoms with Gasteiger partial charge in [0.1, 0.15) is 5.69 Å². The molecule has 0 radical (unpaired) electrons. The predicted molar refractivity (Wildman–Crippen MR) is 76.8 cm³/mol. The van der Waals surface area contributed by atoms with Crippen LogP contribution in [0.15, 0.2) is 18.2 Å². The van der Waals surface area contributed by atoms with Crippen LogP contribution in [0.4, 0.5) is 11.4 Å². The molecule has 2 atom stereocenters. The van der Waals surface area contributed by atoms with Crippen molar-refractivity contribution in [3.8, 4) is 0 Å². The van der Waals surface area contributed by atoms with E-state index in [2.05, 4.69) is 10.7 Å². The minimum absolute atomic E-state index is 0.0911. The summed E-state index contributed by atoms with van der Waals surface area (Å²) in [6.45, 7) is 4.40. The number of nitro groups is 1. The van der Waals surface area contributed by atoms with Crippen LogP contribution in [0.25, 0.3) is 0 Å². The maximum Gasteiger partial charge on any atom is 0.293 e. The molecular weight excluding hydrogens is 276 g/mol. The molecule has 114 valence electrons. The SMILES string of the molecule is CC1OCCC1(C)NC(=O)c1ccc([N+](=O)[O-])c(NN)c1. The number of rotatable bonds is 4. The van der Waals surface area contributed by atoms with E-state index in [0.717, 1.165) is 6.42 Å². The van der Waals surface area contributed by atoms with Gasteiger partial charge in [-0.05, 0) is 32.4 Å². The number of nitrogen functional groups attached to an aromatic ring is 1. The second-order valence-electron chi connectivity index (χ2n) is 5.27. The number of nitrogens with two attached hydrogens (primary N) is 1. The third-order valence-corrected chi connectivity index (χ3v) is 3.90. The Morgan fingerprint density at radius 3 is 2.81 bits per heavy atom. The van der Waals surface area contributed by atoms with Gasteiger partial charge in [0, 0.05) is 18.2 Å². The quantitative estimate of drug-likeness (QED) is 0.436. The molecule has 21 heavy (non-hydrogen) atoms. The molecule has 8 nitrogen and oxygen atoms in total. The molecule has 1 amide bonds. The van der Waals surface area contributed by atoms with Crippen molar-refractivity contribution in [3.05, 3.63) is 33.9 Å². The number of nitrogens with one attached hydrogen (secondary N) is 2. The van der Waals surface area contributed by atoms with Crippen molar-refractivity contribution in [1.82, 2.24) is 5.32 Å². The minimum atomic E-state index is -0.564. The molecule has 4 N–H and O–H groups in total. The van der Waals surface area contributed by atoms with Gasteiger partial charge in [-0.15, -0.1) is 0 Å². The summed E-state index contributed by atoms with van der Waals surface area (Å²) in [6.07, 6.45) is 0.626. The standard InChI is InChI=1S/C13H18N4O4/c1-8-13(2,5-6-21-8)15-12(18)9-3-4-11(17(19)20)10(7-9)16-14/h3-4,7-8,16H,5-6,14H2,1-2H3,(H,15,18). The molecule has 2 unspecified atom stereocenters. The maximum absolute atomic E-state index is 12.3. The van der Waals surface area contributed by atoms with Gasteiger partial charge in [-0.2, -0.15) is 0 Å². The Balaban J connectivity index is 2.22. The van der Waals surface area contributed by atoms with Gasteiger partial charge in [-0.25, -0.2) is 0 Å². The molecule has 1 heterocycles. The fourth-order valence-electron chi connectivity index (χ4n) is 2.28. The maximum atomic E-state index is 12.3. The first-order chi connectivity index (χ1) is 9.87. The molecular formula is C13H18N4O4. The van der Waals surface area contributed by atoms with E-state index in [9.17, 15) is 14.9 Å². The molecule has 1 fully saturated rings. The smallest absolute Gasteiger partial charge is 0.293 e. The Labute approximate surface area is 121 Å². The lowest BCUT2D eigenvalue weighted by Gasteiger charge is -2.28. The highest BCUT2D eigenvalue weighted by molar-refractivity contribution is 5.96. The largest absolute Gasteiger partial charge is 0.376 e. The number of hydrogen-bond acceptors (Lipinski definition) is 6. The predicted octanol–water partition coefficient (Wildman–Crippen LogP) is 1.18. The Morgan fingerprint density at radius 2 is 2.29 bits per heavy atom. The second-order valence-corrected chi connectivity index (χ2v) is 5.27. The third kappa shape index (κ3) is 2.96. The zero-order chi connectivity index (χ0) is 15.6. The fourth-order valence-corrected chi connectivity index (χ4v) is 2.28. The number of nitro benzene ring substituents is 1. The van der Waals surface area contributed by atoms with Crippen molar-refractivity contribution < 1.29 is 14.5 Å². The highest BCUT2D eigenvalue weighted by Gasteiger charge is 2.38. The van der Waals surface area contributed by atoms with Gasteiger partial charge < -0.3 is 15.5 Å². The first kappa shape index (κ1) is 15.2. The Morgan fingerprint density at radius 1 is 1.57 bits per heavy atom. The Hall–Kier alpha value is -2.19. The Bertz CT molecular complexity index is 577. The van der Waals surface area contributed by atoms with E-state index >= 15 is 0 Å². The Kier molecular flexibility index (Phi) is 4.10. The van der Waals surface area contributed by atoms with Crippen LogP contribution in [0.2, 0.25) is 0 Å². The van der Waals surface area contributed by atoms with E-state index in [4.69, 9.17) is 10.6 Å². The summed E-state index contributed by atoms with van der Waals surface area (Å²) in [5.41, 5.74) is 2.00. The number of hydrogen-bond donors (Lipinski definition) is 3. The van der Waals surface area contributed by atoms with Crippen molar-refractivity contribution in [2.45, 2.75) is 31.9 Å². The number of carbonyl (C=O) groups excluding carboxylic acids is 1. The van der Waals surface area contributed by atoms with Crippen molar-refractivity contribution >= 4 is 17.3 Å². The van der Waals surface area contributed by atoms with Crippen molar-refractivity contribution in [2.75, 3.05) is 12.0 Å². The van der Waals surface area contributed by atoms with Gasteiger partial charge in [-0.1, -0.05) is 0 Å². The van der Waals surface area contributed by atoms with Crippen LogP contribution in [0, 0.1) is 10.1 Å². The summed E-state index contributed by atoms with van der Waals surface area (Å²) in [5.74, 6) is 4.94. The molecule has 1 aliphatic rings. The van der Waals surface area contributed by atoms with Crippen molar-refractivity contribution in [2.24, 2.45) is 5.84 Å². The van der Waals surface area contributed by atoms with E-state index in [0.29, 0.717) is 12.2 Å². The molecule has 0 spiro atoms. The summed E-state index contributed by atoms with van der Waals surface area (Å²) in [7, 11) is 0. The monoisotopic (exact) mass is 294 g/mol. The molecule has 8 heteroatoms. The minimum Gasteiger partial charge on any atom is -0.376 e. The van der Waals surface area contributed by atoms with Crippen LogP contribution < -0.4 is 16.6 Å². The normalized spacial score (nSPS) is 24.6. The lowest BCUT2D eigenvalue weighted by molar-refractivity contribution is -0.384. The molecule has 1 aromatic rings. The number of benzene rings is 1. The van der Waals surface area contributed by atoms with Crippen LogP contribution in [0.3, 0.4) is 0 Å². The second kappa shape index (κ2) is 5.66. The summed E-state index contributed by atoms with van der Waals surface area (Å²) >= 11 is 0. The topological polar surface area (TPSA) is 120 Å². The zero-order valence-corrected chi connectivity index (χ0v) is 11.9. The third-order valence-electron chi connectivity index (χ3n) is 3.90. The zero-order valence-electron chi connectivity index (χ0n) is 11.9. The molecule has 0 aliphatic carbocycles. The number of anilines is 1. The van der Waals surface area contributed by atoms with E-state index in [1.165, 1.54) is 18.2 Å². The number of ether oxygens (including phenoxy) is 1. The van der Waals surface area contributed by atoms with E-state index in [1.807, 2.05) is 13.8 Å². The first-order valence-corrected chi connectivity index (χ1v) is 6.56. The lowest BCUT2D eigenvalue weighted by atomic mass is 9.94. The van der Waals surface area contributed by atoms with E-state index in [1.54, 1.807) is 0 Å². The van der Waals surface area contributed by atoms with Crippen molar-refractivity contribution in [3.63, 3.8) is 0 Å². The molecule has 0 bridgehead atoms. The molecule has 0 aromatic heterocycles. The molecule has 1 aliphatic heterocycles. The highest BCUT2D eigenvalue weighted by atomic mass is 16.6. The van der Waals surface area contributed by atoms with Crippen LogP contribution in [-0.4, -0.2) is 29.1 Å². The number of carbonyl (C=O) groups is 1. The first-order valence-electron chi connectivity index (χ1n) is 6.56. The average Bonchev–Trinajstić information content (AvgIpc) is 2.77. The van der Waals surface area contributed by atoms with Gasteiger partial charge in [-0.3, -0.25) is 20.8 Å². The number of hydrazine groups is 1. The molecule has 1 saturated heterocycles. The van der Waals surface area contributed by atoms with Gasteiger partial charge >= 0.3 is 0 Å². The summed E-state index contributed by atoms with van der Waals surface area (Å²) in [4.78, 5) is 22.6. The van der Waals surface area contributed by atoms with Gasteiger partial charge in [0.05, 0.1) is 16.6 Å². The summed E-state index contributed by atoms with van der Waals surface area (Å²) in [5, 5.41) is 13.7. The summed E-state index contributed by atoms with van der Waals surface area (Å²) < 4.78 is 5.46. The summed E-state index contributed by atoms with van der Waals surface area (Å²) in [6, 6.07) is 4.01. The van der Waals surface area contributed by atoms with Crippen LogP contribution >= 0.6 is 0 Å². The number of amides is 1. The van der Waals surface area contributed by atoms with Gasteiger partial charge in [0.25, 0.3) is 11.6 Å².